The number of carbonyl (C=O) groups is 1. The van der Waals surface area contributed by atoms with Gasteiger partial charge in [0.1, 0.15) is 29.5 Å². The summed E-state index contributed by atoms with van der Waals surface area (Å²) in [5, 5.41) is 12.9. The van der Waals surface area contributed by atoms with Gasteiger partial charge in [-0.1, -0.05) is 35.9 Å². The molecule has 0 unspecified atom stereocenters. The van der Waals surface area contributed by atoms with Gasteiger partial charge < -0.3 is 25.4 Å². The van der Waals surface area contributed by atoms with Crippen molar-refractivity contribution in [2.45, 2.75) is 13.5 Å². The Morgan fingerprint density at radius 2 is 1.70 bits per heavy atom. The monoisotopic (exact) mass is 604 g/mol. The molecule has 0 spiro atoms. The number of methoxy groups -OCH3 is 2. The van der Waals surface area contributed by atoms with Gasteiger partial charge in [0.05, 0.1) is 31.0 Å². The van der Waals surface area contributed by atoms with Crippen molar-refractivity contribution in [3.8, 4) is 11.5 Å². The average molecular weight is 605 g/mol. The van der Waals surface area contributed by atoms with E-state index in [2.05, 4.69) is 30.9 Å². The molecule has 0 saturated carbocycles. The van der Waals surface area contributed by atoms with Gasteiger partial charge in [-0.3, -0.25) is 4.79 Å². The van der Waals surface area contributed by atoms with E-state index in [1.165, 1.54) is 6.33 Å². The van der Waals surface area contributed by atoms with Crippen LogP contribution in [0, 0.1) is 6.92 Å². The molecular weight excluding hydrogens is 576 g/mol. The van der Waals surface area contributed by atoms with Crippen LogP contribution in [-0.2, 0) is 6.54 Å². The van der Waals surface area contributed by atoms with E-state index in [1.807, 2.05) is 79.7 Å². The third-order valence-corrected chi connectivity index (χ3v) is 7.56. The SMILES string of the molecule is COc1ccc(CNc2ncnc3c(C(=O)Nc4c(C)ccc5c(Nc6cccc(Cl)c6)nccc45)cccc23)c(OC)c1. The second-order valence-electron chi connectivity index (χ2n) is 10.1. The van der Waals surface area contributed by atoms with Gasteiger partial charge in [0.15, 0.2) is 0 Å². The maximum Gasteiger partial charge on any atom is 0.257 e. The molecule has 10 heteroatoms. The first kappa shape index (κ1) is 28.7. The molecule has 0 aliphatic carbocycles. The number of amides is 1. The lowest BCUT2D eigenvalue weighted by molar-refractivity contribution is 0.102. The van der Waals surface area contributed by atoms with E-state index in [0.29, 0.717) is 51.5 Å². The van der Waals surface area contributed by atoms with Crippen molar-refractivity contribution in [1.82, 2.24) is 15.0 Å². The van der Waals surface area contributed by atoms with Crippen molar-refractivity contribution in [2.75, 3.05) is 30.2 Å². The molecule has 44 heavy (non-hydrogen) atoms. The molecule has 2 heterocycles. The minimum absolute atomic E-state index is 0.283. The Kier molecular flexibility index (Phi) is 8.12. The smallest absolute Gasteiger partial charge is 0.257 e. The van der Waals surface area contributed by atoms with Crippen molar-refractivity contribution in [3.05, 3.63) is 113 Å². The number of hydrogen-bond donors (Lipinski definition) is 3. The average Bonchev–Trinajstić information content (AvgIpc) is 3.04. The van der Waals surface area contributed by atoms with E-state index in [1.54, 1.807) is 26.5 Å². The Labute approximate surface area is 259 Å². The van der Waals surface area contributed by atoms with Crippen LogP contribution in [0.3, 0.4) is 0 Å². The molecule has 0 radical (unpaired) electrons. The summed E-state index contributed by atoms with van der Waals surface area (Å²) in [5.41, 5.74) is 4.31. The summed E-state index contributed by atoms with van der Waals surface area (Å²) >= 11 is 6.18. The van der Waals surface area contributed by atoms with Crippen LogP contribution in [-0.4, -0.2) is 35.1 Å². The van der Waals surface area contributed by atoms with Crippen molar-refractivity contribution < 1.29 is 14.3 Å². The summed E-state index contributed by atoms with van der Waals surface area (Å²) in [5.74, 6) is 2.38. The highest BCUT2D eigenvalue weighted by Crippen LogP contribution is 2.33. The number of hydrogen-bond acceptors (Lipinski definition) is 8. The molecule has 4 aromatic carbocycles. The van der Waals surface area contributed by atoms with Crippen molar-refractivity contribution in [1.29, 1.82) is 0 Å². The first-order valence-corrected chi connectivity index (χ1v) is 14.2. The Morgan fingerprint density at radius 3 is 2.52 bits per heavy atom. The molecule has 0 fully saturated rings. The first-order valence-electron chi connectivity index (χ1n) is 13.9. The van der Waals surface area contributed by atoms with E-state index in [-0.39, 0.29) is 5.91 Å². The van der Waals surface area contributed by atoms with Gasteiger partial charge in [-0.2, -0.15) is 0 Å². The van der Waals surface area contributed by atoms with E-state index in [0.717, 1.165) is 33.0 Å². The van der Waals surface area contributed by atoms with Gasteiger partial charge in [-0.15, -0.1) is 0 Å². The normalized spacial score (nSPS) is 10.9. The number of fused-ring (bicyclic) bond motifs is 2. The van der Waals surface area contributed by atoms with Gasteiger partial charge in [0.2, 0.25) is 0 Å². The van der Waals surface area contributed by atoms with Crippen molar-refractivity contribution in [3.63, 3.8) is 0 Å². The van der Waals surface area contributed by atoms with Crippen LogP contribution in [0.1, 0.15) is 21.5 Å². The minimum Gasteiger partial charge on any atom is -0.497 e. The molecule has 2 aromatic heterocycles. The summed E-state index contributed by atoms with van der Waals surface area (Å²) in [4.78, 5) is 27.3. The number of aromatic nitrogens is 3. The predicted molar refractivity (Wildman–Crippen MR) is 176 cm³/mol. The highest BCUT2D eigenvalue weighted by atomic mass is 35.5. The van der Waals surface area contributed by atoms with Gasteiger partial charge in [-0.25, -0.2) is 15.0 Å². The number of carbonyl (C=O) groups excluding carboxylic acids is 1. The third kappa shape index (κ3) is 5.77. The number of para-hydroxylation sites is 1. The number of ether oxygens (including phenoxy) is 2. The van der Waals surface area contributed by atoms with E-state index >= 15 is 0 Å². The fourth-order valence-electron chi connectivity index (χ4n) is 5.10. The highest BCUT2D eigenvalue weighted by Gasteiger charge is 2.17. The molecule has 0 saturated heterocycles. The van der Waals surface area contributed by atoms with Crippen LogP contribution in [0.2, 0.25) is 5.02 Å². The van der Waals surface area contributed by atoms with Crippen molar-refractivity contribution >= 4 is 62.2 Å². The Balaban J connectivity index is 1.30. The number of anilines is 4. The van der Waals surface area contributed by atoms with E-state index < -0.39 is 0 Å². The van der Waals surface area contributed by atoms with Crippen LogP contribution < -0.4 is 25.4 Å². The molecular formula is C34H29ClN6O3. The second-order valence-corrected chi connectivity index (χ2v) is 10.5. The van der Waals surface area contributed by atoms with E-state index in [9.17, 15) is 4.79 Å². The lowest BCUT2D eigenvalue weighted by Crippen LogP contribution is -2.14. The molecule has 0 aliphatic heterocycles. The summed E-state index contributed by atoms with van der Waals surface area (Å²) < 4.78 is 10.8. The zero-order chi connectivity index (χ0) is 30.6. The number of pyridine rings is 1. The zero-order valence-corrected chi connectivity index (χ0v) is 25.1. The van der Waals surface area contributed by atoms with Gasteiger partial charge in [0, 0.05) is 51.2 Å². The lowest BCUT2D eigenvalue weighted by Gasteiger charge is -2.16. The number of rotatable bonds is 9. The Hall–Kier alpha value is -5.41. The number of benzene rings is 4. The first-order chi connectivity index (χ1) is 21.4. The standard InChI is InChI=1S/C34H29ClN6O3/c1-20-10-13-26-25(14-15-36-33(26)40-23-7-4-6-22(35)16-23)30(20)41-34(42)28-9-5-8-27-31(28)38-19-39-32(27)37-18-21-11-12-24(43-2)17-29(21)44-3/h4-17,19H,18H2,1-3H3,(H,36,40)(H,41,42)(H,37,38,39). The minimum atomic E-state index is -0.283. The predicted octanol–water partition coefficient (Wildman–Crippen LogP) is 7.77. The number of nitrogens with zero attached hydrogens (tertiary/aromatic N) is 3. The Bertz CT molecular complexity index is 2020. The topological polar surface area (TPSA) is 110 Å². The molecule has 9 nitrogen and oxygen atoms in total. The fraction of sp³-hybridized carbons (Fsp3) is 0.118. The van der Waals surface area contributed by atoms with Crippen LogP contribution >= 0.6 is 11.6 Å². The number of nitrogens with one attached hydrogen (secondary N) is 3. The molecule has 6 rings (SSSR count). The van der Waals surface area contributed by atoms with Crippen LogP contribution in [0.5, 0.6) is 11.5 Å². The van der Waals surface area contributed by atoms with Crippen LogP contribution in [0.15, 0.2) is 91.4 Å². The molecule has 3 N–H and O–H groups in total. The van der Waals surface area contributed by atoms with Crippen molar-refractivity contribution in [2.24, 2.45) is 0 Å². The molecule has 1 amide bonds. The summed E-state index contributed by atoms with van der Waals surface area (Å²) in [6.45, 7) is 2.41. The quantitative estimate of drug-likeness (QED) is 0.154. The zero-order valence-electron chi connectivity index (χ0n) is 24.3. The fourth-order valence-corrected chi connectivity index (χ4v) is 5.29. The van der Waals surface area contributed by atoms with Gasteiger partial charge in [0.25, 0.3) is 5.91 Å². The van der Waals surface area contributed by atoms with Crippen LogP contribution in [0.25, 0.3) is 21.7 Å². The summed E-state index contributed by atoms with van der Waals surface area (Å²) in [7, 11) is 3.23. The summed E-state index contributed by atoms with van der Waals surface area (Å²) in [6.07, 6.45) is 3.17. The highest BCUT2D eigenvalue weighted by molar-refractivity contribution is 6.30. The largest absolute Gasteiger partial charge is 0.497 e. The van der Waals surface area contributed by atoms with Crippen LogP contribution in [0.4, 0.5) is 23.0 Å². The van der Waals surface area contributed by atoms with E-state index in [4.69, 9.17) is 21.1 Å². The Morgan fingerprint density at radius 1 is 0.841 bits per heavy atom. The maximum atomic E-state index is 13.8. The third-order valence-electron chi connectivity index (χ3n) is 7.33. The molecule has 6 aromatic rings. The maximum absolute atomic E-state index is 13.8. The second kappa shape index (κ2) is 12.4. The number of aryl methyl sites for hydroxylation is 1. The molecule has 0 aliphatic rings. The summed E-state index contributed by atoms with van der Waals surface area (Å²) in [6, 6.07) is 24.4. The molecule has 0 atom stereocenters. The van der Waals surface area contributed by atoms with Gasteiger partial charge >= 0.3 is 0 Å². The molecule has 0 bridgehead atoms. The van der Waals surface area contributed by atoms with Gasteiger partial charge in [-0.05, 0) is 61.0 Å². The lowest BCUT2D eigenvalue weighted by atomic mass is 10.0. The molecule has 220 valence electrons. The number of halogens is 1.